The van der Waals surface area contributed by atoms with Crippen LogP contribution in [0.4, 0.5) is 0 Å². The van der Waals surface area contributed by atoms with Crippen molar-refractivity contribution in [3.05, 3.63) is 34.9 Å². The van der Waals surface area contributed by atoms with Crippen LogP contribution in [-0.2, 0) is 4.74 Å². The van der Waals surface area contributed by atoms with Crippen molar-refractivity contribution >= 4 is 5.96 Å². The predicted molar refractivity (Wildman–Crippen MR) is 73.7 cm³/mol. The van der Waals surface area contributed by atoms with Crippen molar-refractivity contribution in [2.45, 2.75) is 19.9 Å². The van der Waals surface area contributed by atoms with Crippen LogP contribution in [0.1, 0.15) is 22.7 Å². The average molecular weight is 247 g/mol. The van der Waals surface area contributed by atoms with Crippen LogP contribution in [0.15, 0.2) is 23.2 Å². The Kier molecular flexibility index (Phi) is 3.87. The zero-order chi connectivity index (χ0) is 13.1. The van der Waals surface area contributed by atoms with Crippen LogP contribution in [0.3, 0.4) is 0 Å². The lowest BCUT2D eigenvalue weighted by Gasteiger charge is -2.27. The first-order chi connectivity index (χ1) is 8.63. The number of rotatable bonds is 4. The fourth-order valence-corrected chi connectivity index (χ4v) is 2.45. The number of aryl methyl sites for hydroxylation is 2. The fraction of sp³-hybridized carbons (Fsp3) is 0.500. The van der Waals surface area contributed by atoms with Gasteiger partial charge in [0.15, 0.2) is 5.96 Å². The molecule has 1 aromatic carbocycles. The summed E-state index contributed by atoms with van der Waals surface area (Å²) in [6.45, 7) is 6.44. The van der Waals surface area contributed by atoms with Gasteiger partial charge in [-0.15, -0.1) is 0 Å². The maximum atomic E-state index is 5.95. The third-order valence-electron chi connectivity index (χ3n) is 3.42. The van der Waals surface area contributed by atoms with Gasteiger partial charge >= 0.3 is 0 Å². The van der Waals surface area contributed by atoms with Gasteiger partial charge in [0.25, 0.3) is 0 Å². The second kappa shape index (κ2) is 5.40. The third kappa shape index (κ3) is 2.48. The zero-order valence-electron chi connectivity index (χ0n) is 11.3. The topological polar surface area (TPSA) is 50.9 Å². The second-order valence-corrected chi connectivity index (χ2v) is 4.76. The highest BCUT2D eigenvalue weighted by molar-refractivity contribution is 5.80. The minimum Gasteiger partial charge on any atom is -0.383 e. The predicted octanol–water partition coefficient (Wildman–Crippen LogP) is 1.62. The molecule has 0 fully saturated rings. The lowest BCUT2D eigenvalue weighted by atomic mass is 9.99. The van der Waals surface area contributed by atoms with Gasteiger partial charge in [0.2, 0.25) is 0 Å². The molecule has 1 aliphatic rings. The Balaban J connectivity index is 2.21. The highest BCUT2D eigenvalue weighted by Crippen LogP contribution is 2.28. The minimum absolute atomic E-state index is 0.251. The summed E-state index contributed by atoms with van der Waals surface area (Å²) in [6, 6.07) is 6.79. The van der Waals surface area contributed by atoms with E-state index in [0.29, 0.717) is 12.6 Å². The summed E-state index contributed by atoms with van der Waals surface area (Å²) < 4.78 is 5.13. The summed E-state index contributed by atoms with van der Waals surface area (Å²) in [5.41, 5.74) is 9.84. The molecule has 0 radical (unpaired) electrons. The SMILES string of the molecule is COCCN1C(N)=NCC1c1ccc(C)cc1C. The Morgan fingerprint density at radius 1 is 1.44 bits per heavy atom. The Labute approximate surface area is 108 Å². The van der Waals surface area contributed by atoms with Gasteiger partial charge in [-0.05, 0) is 25.0 Å². The molecule has 0 bridgehead atoms. The van der Waals surface area contributed by atoms with E-state index in [0.717, 1.165) is 13.1 Å². The van der Waals surface area contributed by atoms with E-state index in [1.807, 2.05) is 0 Å². The van der Waals surface area contributed by atoms with Gasteiger partial charge in [0.1, 0.15) is 0 Å². The molecule has 0 amide bonds. The smallest absolute Gasteiger partial charge is 0.192 e. The number of hydrogen-bond acceptors (Lipinski definition) is 4. The molecule has 4 nitrogen and oxygen atoms in total. The number of hydrogen-bond donors (Lipinski definition) is 1. The number of ether oxygens (including phenoxy) is 1. The van der Waals surface area contributed by atoms with Crippen LogP contribution in [-0.4, -0.2) is 37.7 Å². The van der Waals surface area contributed by atoms with Crippen LogP contribution < -0.4 is 5.73 Å². The van der Waals surface area contributed by atoms with Crippen molar-refractivity contribution in [1.29, 1.82) is 0 Å². The average Bonchev–Trinajstić information content (AvgIpc) is 2.68. The van der Waals surface area contributed by atoms with Gasteiger partial charge in [-0.1, -0.05) is 23.8 Å². The minimum atomic E-state index is 0.251. The number of guanidine groups is 1. The standard InChI is InChI=1S/C14H21N3O/c1-10-4-5-12(11(2)8-10)13-9-16-14(15)17(13)6-7-18-3/h4-5,8,13H,6-7,9H2,1-3H3,(H2,15,16). The van der Waals surface area contributed by atoms with E-state index in [-0.39, 0.29) is 6.04 Å². The fourth-order valence-electron chi connectivity index (χ4n) is 2.45. The first-order valence-electron chi connectivity index (χ1n) is 6.26. The van der Waals surface area contributed by atoms with Crippen molar-refractivity contribution in [3.63, 3.8) is 0 Å². The number of methoxy groups -OCH3 is 1. The van der Waals surface area contributed by atoms with Crippen molar-refractivity contribution in [2.75, 3.05) is 26.8 Å². The first kappa shape index (κ1) is 12.9. The van der Waals surface area contributed by atoms with Gasteiger partial charge in [-0.25, -0.2) is 0 Å². The lowest BCUT2D eigenvalue weighted by Crippen LogP contribution is -2.38. The quantitative estimate of drug-likeness (QED) is 0.879. The molecule has 1 atom stereocenters. The number of nitrogens with two attached hydrogens (primary N) is 1. The number of aliphatic imine (C=N–C) groups is 1. The maximum absolute atomic E-state index is 5.95. The summed E-state index contributed by atoms with van der Waals surface area (Å²) >= 11 is 0. The molecule has 1 aromatic rings. The Morgan fingerprint density at radius 3 is 2.89 bits per heavy atom. The van der Waals surface area contributed by atoms with Crippen LogP contribution in [0, 0.1) is 13.8 Å². The molecule has 0 aliphatic carbocycles. The Bertz CT molecular complexity index is 456. The van der Waals surface area contributed by atoms with Crippen molar-refractivity contribution < 1.29 is 4.74 Å². The summed E-state index contributed by atoms with van der Waals surface area (Å²) in [7, 11) is 1.70. The lowest BCUT2D eigenvalue weighted by molar-refractivity contribution is 0.166. The van der Waals surface area contributed by atoms with Crippen LogP contribution in [0.5, 0.6) is 0 Å². The van der Waals surface area contributed by atoms with E-state index < -0.39 is 0 Å². The van der Waals surface area contributed by atoms with E-state index in [1.165, 1.54) is 16.7 Å². The normalized spacial score (nSPS) is 19.2. The molecule has 18 heavy (non-hydrogen) atoms. The van der Waals surface area contributed by atoms with Crippen LogP contribution >= 0.6 is 0 Å². The molecule has 0 saturated carbocycles. The van der Waals surface area contributed by atoms with E-state index in [2.05, 4.69) is 41.9 Å². The summed E-state index contributed by atoms with van der Waals surface area (Å²) in [5, 5.41) is 0. The molecule has 1 heterocycles. The summed E-state index contributed by atoms with van der Waals surface area (Å²) in [5.74, 6) is 0.622. The van der Waals surface area contributed by atoms with Crippen LogP contribution in [0.2, 0.25) is 0 Å². The molecule has 0 saturated heterocycles. The molecule has 0 spiro atoms. The number of nitrogens with zero attached hydrogens (tertiary/aromatic N) is 2. The van der Waals surface area contributed by atoms with E-state index in [4.69, 9.17) is 10.5 Å². The molecule has 98 valence electrons. The van der Waals surface area contributed by atoms with Gasteiger partial charge in [0.05, 0.1) is 19.2 Å². The van der Waals surface area contributed by atoms with E-state index in [9.17, 15) is 0 Å². The molecule has 2 N–H and O–H groups in total. The highest BCUT2D eigenvalue weighted by atomic mass is 16.5. The van der Waals surface area contributed by atoms with Gasteiger partial charge in [-0.2, -0.15) is 0 Å². The highest BCUT2D eigenvalue weighted by Gasteiger charge is 2.27. The van der Waals surface area contributed by atoms with Gasteiger partial charge in [-0.3, -0.25) is 4.99 Å². The monoisotopic (exact) mass is 247 g/mol. The van der Waals surface area contributed by atoms with Crippen molar-refractivity contribution in [3.8, 4) is 0 Å². The molecule has 1 unspecified atom stereocenters. The molecular weight excluding hydrogens is 226 g/mol. The van der Waals surface area contributed by atoms with Gasteiger partial charge < -0.3 is 15.4 Å². The number of benzene rings is 1. The molecule has 1 aliphatic heterocycles. The Morgan fingerprint density at radius 2 is 2.22 bits per heavy atom. The van der Waals surface area contributed by atoms with Gasteiger partial charge in [0, 0.05) is 13.7 Å². The molecule has 0 aromatic heterocycles. The first-order valence-corrected chi connectivity index (χ1v) is 6.26. The molecule has 4 heteroatoms. The van der Waals surface area contributed by atoms with E-state index >= 15 is 0 Å². The second-order valence-electron chi connectivity index (χ2n) is 4.76. The van der Waals surface area contributed by atoms with E-state index in [1.54, 1.807) is 7.11 Å². The maximum Gasteiger partial charge on any atom is 0.192 e. The molecule has 2 rings (SSSR count). The zero-order valence-corrected chi connectivity index (χ0v) is 11.3. The summed E-state index contributed by atoms with van der Waals surface area (Å²) in [4.78, 5) is 6.48. The Hall–Kier alpha value is -1.55. The largest absolute Gasteiger partial charge is 0.383 e. The summed E-state index contributed by atoms with van der Waals surface area (Å²) in [6.07, 6.45) is 0. The van der Waals surface area contributed by atoms with Crippen molar-refractivity contribution in [2.24, 2.45) is 10.7 Å². The van der Waals surface area contributed by atoms with Crippen LogP contribution in [0.25, 0.3) is 0 Å². The molecular formula is C14H21N3O. The van der Waals surface area contributed by atoms with Crippen molar-refractivity contribution in [1.82, 2.24) is 4.90 Å². The third-order valence-corrected chi connectivity index (χ3v) is 3.42.